The Morgan fingerprint density at radius 3 is 2.48 bits per heavy atom. The van der Waals surface area contributed by atoms with Gasteiger partial charge in [0.25, 0.3) is 5.91 Å². The first-order valence-electron chi connectivity index (χ1n) is 6.99. The van der Waals surface area contributed by atoms with E-state index in [0.29, 0.717) is 27.9 Å². The second-order valence-electron chi connectivity index (χ2n) is 5.07. The molecule has 0 aliphatic heterocycles. The zero-order valence-electron chi connectivity index (χ0n) is 12.3. The van der Waals surface area contributed by atoms with Crippen LogP contribution in [-0.4, -0.2) is 5.91 Å². The van der Waals surface area contributed by atoms with Crippen LogP contribution >= 0.6 is 23.2 Å². The van der Waals surface area contributed by atoms with Gasteiger partial charge in [0.1, 0.15) is 5.76 Å². The molecule has 3 aromatic rings. The highest BCUT2D eigenvalue weighted by Crippen LogP contribution is 2.32. The summed E-state index contributed by atoms with van der Waals surface area (Å²) in [6.45, 7) is 2.21. The summed E-state index contributed by atoms with van der Waals surface area (Å²) in [7, 11) is 0. The maximum atomic E-state index is 12.5. The summed E-state index contributed by atoms with van der Waals surface area (Å²) < 4.78 is 5.76. The molecule has 0 saturated carbocycles. The van der Waals surface area contributed by atoms with E-state index < -0.39 is 5.91 Å². The van der Waals surface area contributed by atoms with Gasteiger partial charge in [0.15, 0.2) is 5.58 Å². The normalized spacial score (nSPS) is 11.0. The highest BCUT2D eigenvalue weighted by molar-refractivity contribution is 6.40. The van der Waals surface area contributed by atoms with E-state index in [-0.39, 0.29) is 5.56 Å². The summed E-state index contributed by atoms with van der Waals surface area (Å²) in [5.41, 5.74) is 8.05. The third-order valence-electron chi connectivity index (χ3n) is 3.66. The Balaban J connectivity index is 2.04. The molecular formula is C17H14Cl2N2O2. The number of anilines is 1. The molecule has 0 aliphatic carbocycles. The predicted octanol–water partition coefficient (Wildman–Crippen LogP) is 4.76. The molecule has 3 rings (SSSR count). The van der Waals surface area contributed by atoms with Crippen LogP contribution in [0.3, 0.4) is 0 Å². The van der Waals surface area contributed by atoms with Crippen molar-refractivity contribution in [3.63, 3.8) is 0 Å². The third kappa shape index (κ3) is 2.81. The van der Waals surface area contributed by atoms with E-state index in [4.69, 9.17) is 33.4 Å². The lowest BCUT2D eigenvalue weighted by Crippen LogP contribution is -2.13. The minimum absolute atomic E-state index is 0.232. The van der Waals surface area contributed by atoms with E-state index in [9.17, 15) is 4.79 Å². The number of hydrogen-bond donors (Lipinski definition) is 2. The summed E-state index contributed by atoms with van der Waals surface area (Å²) in [4.78, 5) is 12.5. The quantitative estimate of drug-likeness (QED) is 0.716. The fraction of sp³-hybridized carbons (Fsp3) is 0.118. The lowest BCUT2D eigenvalue weighted by molar-refractivity contribution is 0.102. The molecule has 3 N–H and O–H groups in total. The molecule has 0 spiro atoms. The highest BCUT2D eigenvalue weighted by atomic mass is 35.5. The van der Waals surface area contributed by atoms with Crippen molar-refractivity contribution in [2.24, 2.45) is 5.73 Å². The third-order valence-corrected chi connectivity index (χ3v) is 4.29. The number of aryl methyl sites for hydroxylation is 1. The number of amides is 1. The Morgan fingerprint density at radius 1 is 1.17 bits per heavy atom. The van der Waals surface area contributed by atoms with E-state index >= 15 is 0 Å². The second kappa shape index (κ2) is 6.24. The summed E-state index contributed by atoms with van der Waals surface area (Å²) in [6.07, 6.45) is 0. The van der Waals surface area contributed by atoms with Crippen molar-refractivity contribution in [2.45, 2.75) is 13.5 Å². The number of hydrogen-bond acceptors (Lipinski definition) is 3. The number of nitrogens with one attached hydrogen (secondary N) is 1. The summed E-state index contributed by atoms with van der Waals surface area (Å²) in [5.74, 6) is 0.344. The minimum Gasteiger partial charge on any atom is -0.459 e. The number of benzene rings is 2. The molecule has 0 fully saturated rings. The maximum Gasteiger partial charge on any atom is 0.258 e. The van der Waals surface area contributed by atoms with Crippen LogP contribution < -0.4 is 11.1 Å². The summed E-state index contributed by atoms with van der Waals surface area (Å²) in [5, 5.41) is 4.27. The van der Waals surface area contributed by atoms with E-state index in [0.717, 1.165) is 16.7 Å². The molecule has 4 nitrogen and oxygen atoms in total. The number of fused-ring (bicyclic) bond motifs is 1. The van der Waals surface area contributed by atoms with Crippen molar-refractivity contribution >= 4 is 45.8 Å². The second-order valence-corrected chi connectivity index (χ2v) is 5.89. The Kier molecular flexibility index (Phi) is 4.31. The standard InChI is InChI=1S/C17H14Cl2N2O2/c1-9-11(8-20)10-4-2-7-14(16(10)23-9)21-17(22)15-12(18)5-3-6-13(15)19/h2-7H,8,20H2,1H3,(H,21,22). The minimum atomic E-state index is -0.392. The molecule has 0 aliphatic rings. The van der Waals surface area contributed by atoms with Gasteiger partial charge in [-0.1, -0.05) is 41.4 Å². The van der Waals surface area contributed by atoms with Crippen LogP contribution in [0.1, 0.15) is 21.7 Å². The Morgan fingerprint density at radius 2 is 1.83 bits per heavy atom. The lowest BCUT2D eigenvalue weighted by atomic mass is 10.1. The largest absolute Gasteiger partial charge is 0.459 e. The van der Waals surface area contributed by atoms with Gasteiger partial charge in [-0.2, -0.15) is 0 Å². The molecule has 1 amide bonds. The molecule has 0 radical (unpaired) electrons. The van der Waals surface area contributed by atoms with E-state index in [1.807, 2.05) is 19.1 Å². The molecule has 1 aromatic heterocycles. The average molecular weight is 349 g/mol. The Hall–Kier alpha value is -2.01. The van der Waals surface area contributed by atoms with E-state index in [2.05, 4.69) is 5.32 Å². The van der Waals surface area contributed by atoms with Crippen LogP contribution in [0.5, 0.6) is 0 Å². The molecular weight excluding hydrogens is 335 g/mol. The summed E-state index contributed by atoms with van der Waals surface area (Å²) in [6, 6.07) is 10.4. The van der Waals surface area contributed by atoms with Crippen molar-refractivity contribution in [3.05, 3.63) is 63.3 Å². The van der Waals surface area contributed by atoms with Crippen LogP contribution in [0.4, 0.5) is 5.69 Å². The highest BCUT2D eigenvalue weighted by Gasteiger charge is 2.18. The lowest BCUT2D eigenvalue weighted by Gasteiger charge is -2.08. The van der Waals surface area contributed by atoms with Crippen molar-refractivity contribution < 1.29 is 9.21 Å². The zero-order valence-corrected chi connectivity index (χ0v) is 13.8. The monoisotopic (exact) mass is 348 g/mol. The van der Waals surface area contributed by atoms with Crippen molar-refractivity contribution in [1.82, 2.24) is 0 Å². The fourth-order valence-corrected chi connectivity index (χ4v) is 3.11. The first-order valence-corrected chi connectivity index (χ1v) is 7.75. The van der Waals surface area contributed by atoms with E-state index in [1.54, 1.807) is 24.3 Å². The van der Waals surface area contributed by atoms with Gasteiger partial charge in [0, 0.05) is 17.5 Å². The van der Waals surface area contributed by atoms with Crippen LogP contribution in [0, 0.1) is 6.92 Å². The SMILES string of the molecule is Cc1oc2c(NC(=O)c3c(Cl)cccc3Cl)cccc2c1CN. The molecule has 0 saturated heterocycles. The number of nitrogens with two attached hydrogens (primary N) is 1. The van der Waals surface area contributed by atoms with Crippen LogP contribution in [0.2, 0.25) is 10.0 Å². The van der Waals surface area contributed by atoms with Gasteiger partial charge in [-0.3, -0.25) is 4.79 Å². The summed E-state index contributed by atoms with van der Waals surface area (Å²) >= 11 is 12.2. The zero-order chi connectivity index (χ0) is 16.6. The maximum absolute atomic E-state index is 12.5. The van der Waals surface area contributed by atoms with E-state index in [1.165, 1.54) is 0 Å². The number of para-hydroxylation sites is 1. The first-order chi connectivity index (χ1) is 11.0. The van der Waals surface area contributed by atoms with Crippen LogP contribution in [0.25, 0.3) is 11.0 Å². The smallest absolute Gasteiger partial charge is 0.258 e. The number of carbonyl (C=O) groups is 1. The number of rotatable bonds is 3. The van der Waals surface area contributed by atoms with Gasteiger partial charge >= 0.3 is 0 Å². The molecule has 0 bridgehead atoms. The molecule has 0 atom stereocenters. The van der Waals surface area contributed by atoms with Gasteiger partial charge in [-0.05, 0) is 25.1 Å². The van der Waals surface area contributed by atoms with Gasteiger partial charge in [0.2, 0.25) is 0 Å². The Labute approximate surface area is 143 Å². The predicted molar refractivity (Wildman–Crippen MR) is 93.3 cm³/mol. The van der Waals surface area contributed by atoms with Gasteiger partial charge < -0.3 is 15.5 Å². The van der Waals surface area contributed by atoms with Crippen molar-refractivity contribution in [2.75, 3.05) is 5.32 Å². The van der Waals surface area contributed by atoms with Crippen LogP contribution in [0.15, 0.2) is 40.8 Å². The average Bonchev–Trinajstić information content (AvgIpc) is 2.83. The van der Waals surface area contributed by atoms with Crippen molar-refractivity contribution in [1.29, 1.82) is 0 Å². The number of furan rings is 1. The topological polar surface area (TPSA) is 68.3 Å². The number of halogens is 2. The fourth-order valence-electron chi connectivity index (χ4n) is 2.54. The molecule has 6 heteroatoms. The van der Waals surface area contributed by atoms with Crippen LogP contribution in [-0.2, 0) is 6.54 Å². The molecule has 23 heavy (non-hydrogen) atoms. The van der Waals surface area contributed by atoms with Gasteiger partial charge in [-0.15, -0.1) is 0 Å². The molecule has 118 valence electrons. The number of carbonyl (C=O) groups excluding carboxylic acids is 1. The molecule has 0 unspecified atom stereocenters. The Bertz CT molecular complexity index is 883. The molecule has 2 aromatic carbocycles. The molecule has 1 heterocycles. The first kappa shape index (κ1) is 15.9. The van der Waals surface area contributed by atoms with Crippen molar-refractivity contribution in [3.8, 4) is 0 Å². The van der Waals surface area contributed by atoms with Gasteiger partial charge in [0.05, 0.1) is 21.3 Å². The van der Waals surface area contributed by atoms with Gasteiger partial charge in [-0.25, -0.2) is 0 Å².